The van der Waals surface area contributed by atoms with Gasteiger partial charge in [-0.15, -0.1) is 0 Å². The zero-order valence-electron chi connectivity index (χ0n) is 10.7. The average molecular weight is 280 g/mol. The molecule has 0 saturated heterocycles. The zero-order valence-corrected chi connectivity index (χ0v) is 11.6. The van der Waals surface area contributed by atoms with E-state index in [9.17, 15) is 8.42 Å². The SMILES string of the molecule is CC(NS(=O)(=O)c1cnn(C)c1)c1ccccc1N. The van der Waals surface area contributed by atoms with Gasteiger partial charge in [0.2, 0.25) is 10.0 Å². The third kappa shape index (κ3) is 2.94. The molecule has 2 aromatic rings. The van der Waals surface area contributed by atoms with Crippen LogP contribution in [0, 0.1) is 0 Å². The minimum Gasteiger partial charge on any atom is -0.398 e. The summed E-state index contributed by atoms with van der Waals surface area (Å²) in [6.07, 6.45) is 2.76. The summed E-state index contributed by atoms with van der Waals surface area (Å²) >= 11 is 0. The van der Waals surface area contributed by atoms with E-state index in [-0.39, 0.29) is 4.90 Å². The Balaban J connectivity index is 2.24. The lowest BCUT2D eigenvalue weighted by Gasteiger charge is -2.15. The molecule has 19 heavy (non-hydrogen) atoms. The highest BCUT2D eigenvalue weighted by Crippen LogP contribution is 2.21. The molecule has 0 bridgehead atoms. The van der Waals surface area contributed by atoms with Crippen LogP contribution < -0.4 is 10.5 Å². The van der Waals surface area contributed by atoms with Crippen LogP contribution in [0.2, 0.25) is 0 Å². The molecule has 1 atom stereocenters. The van der Waals surface area contributed by atoms with Crippen LogP contribution in [0.4, 0.5) is 5.69 Å². The van der Waals surface area contributed by atoms with Crippen molar-refractivity contribution >= 4 is 15.7 Å². The molecule has 0 saturated carbocycles. The molecule has 0 amide bonds. The van der Waals surface area contributed by atoms with Crippen LogP contribution >= 0.6 is 0 Å². The van der Waals surface area contributed by atoms with Gasteiger partial charge < -0.3 is 5.73 Å². The van der Waals surface area contributed by atoms with E-state index in [4.69, 9.17) is 5.73 Å². The van der Waals surface area contributed by atoms with Gasteiger partial charge in [-0.05, 0) is 18.6 Å². The predicted octanol–water partition coefficient (Wildman–Crippen LogP) is 1.04. The summed E-state index contributed by atoms with van der Waals surface area (Å²) in [6.45, 7) is 1.75. The monoisotopic (exact) mass is 280 g/mol. The van der Waals surface area contributed by atoms with Gasteiger partial charge in [-0.25, -0.2) is 13.1 Å². The number of para-hydroxylation sites is 1. The molecule has 7 heteroatoms. The van der Waals surface area contributed by atoms with Gasteiger partial charge in [0.1, 0.15) is 4.90 Å². The molecule has 3 N–H and O–H groups in total. The predicted molar refractivity (Wildman–Crippen MR) is 72.8 cm³/mol. The molecule has 0 radical (unpaired) electrons. The van der Waals surface area contributed by atoms with Crippen LogP contribution in [0.15, 0.2) is 41.6 Å². The number of nitrogens with two attached hydrogens (primary N) is 1. The van der Waals surface area contributed by atoms with E-state index < -0.39 is 16.1 Å². The second kappa shape index (κ2) is 5.02. The molecule has 1 aromatic carbocycles. The van der Waals surface area contributed by atoms with Crippen molar-refractivity contribution in [1.82, 2.24) is 14.5 Å². The number of aromatic nitrogens is 2. The van der Waals surface area contributed by atoms with Crippen LogP contribution in [0.3, 0.4) is 0 Å². The van der Waals surface area contributed by atoms with Gasteiger partial charge >= 0.3 is 0 Å². The third-order valence-corrected chi connectivity index (χ3v) is 4.28. The summed E-state index contributed by atoms with van der Waals surface area (Å²) < 4.78 is 28.3. The number of benzene rings is 1. The number of anilines is 1. The number of nitrogen functional groups attached to an aromatic ring is 1. The van der Waals surface area contributed by atoms with E-state index >= 15 is 0 Å². The first-order valence-electron chi connectivity index (χ1n) is 5.75. The highest BCUT2D eigenvalue weighted by molar-refractivity contribution is 7.89. The maximum atomic E-state index is 12.1. The number of sulfonamides is 1. The zero-order chi connectivity index (χ0) is 14.0. The lowest BCUT2D eigenvalue weighted by atomic mass is 10.1. The van der Waals surface area contributed by atoms with Crippen LogP contribution in [0.25, 0.3) is 0 Å². The van der Waals surface area contributed by atoms with Gasteiger partial charge in [0.05, 0.1) is 6.20 Å². The molecule has 0 aliphatic heterocycles. The standard InChI is InChI=1S/C12H16N4O2S/c1-9(11-5-3-4-6-12(11)13)15-19(17,18)10-7-14-16(2)8-10/h3-9,15H,13H2,1-2H3. The summed E-state index contributed by atoms with van der Waals surface area (Å²) in [6, 6.07) is 6.75. The third-order valence-electron chi connectivity index (χ3n) is 2.79. The van der Waals surface area contributed by atoms with Crippen LogP contribution in [-0.2, 0) is 17.1 Å². The van der Waals surface area contributed by atoms with Gasteiger partial charge in [0, 0.05) is 25.0 Å². The van der Waals surface area contributed by atoms with Crippen LogP contribution in [0.5, 0.6) is 0 Å². The van der Waals surface area contributed by atoms with Gasteiger partial charge in [-0.1, -0.05) is 18.2 Å². The normalized spacial score (nSPS) is 13.4. The molecule has 2 rings (SSSR count). The minimum absolute atomic E-state index is 0.136. The fraction of sp³-hybridized carbons (Fsp3) is 0.250. The Morgan fingerprint density at radius 1 is 1.37 bits per heavy atom. The smallest absolute Gasteiger partial charge is 0.244 e. The quantitative estimate of drug-likeness (QED) is 0.819. The van der Waals surface area contributed by atoms with Crippen molar-refractivity contribution in [2.75, 3.05) is 5.73 Å². The Hall–Kier alpha value is -1.86. The van der Waals surface area contributed by atoms with Crippen LogP contribution in [0.1, 0.15) is 18.5 Å². The van der Waals surface area contributed by atoms with Crippen LogP contribution in [-0.4, -0.2) is 18.2 Å². The summed E-state index contributed by atoms with van der Waals surface area (Å²) in [5.41, 5.74) is 7.14. The molecule has 0 spiro atoms. The van der Waals surface area contributed by atoms with E-state index in [1.54, 1.807) is 32.2 Å². The topological polar surface area (TPSA) is 90.0 Å². The molecule has 102 valence electrons. The Kier molecular flexibility index (Phi) is 3.59. The second-order valence-corrected chi connectivity index (χ2v) is 6.04. The lowest BCUT2D eigenvalue weighted by Crippen LogP contribution is -2.27. The molecular weight excluding hydrogens is 264 g/mol. The van der Waals surface area contributed by atoms with E-state index in [2.05, 4.69) is 9.82 Å². The van der Waals surface area contributed by atoms with Gasteiger partial charge in [0.25, 0.3) is 0 Å². The molecule has 1 heterocycles. The van der Waals surface area contributed by atoms with Crippen molar-refractivity contribution in [3.8, 4) is 0 Å². The molecule has 0 aliphatic carbocycles. The highest BCUT2D eigenvalue weighted by atomic mass is 32.2. The molecule has 1 unspecified atom stereocenters. The Labute approximate surface area is 112 Å². The molecular formula is C12H16N4O2S. The van der Waals surface area contributed by atoms with Crippen molar-refractivity contribution in [1.29, 1.82) is 0 Å². The number of hydrogen-bond donors (Lipinski definition) is 2. The van der Waals surface area contributed by atoms with Crippen molar-refractivity contribution in [2.24, 2.45) is 7.05 Å². The van der Waals surface area contributed by atoms with E-state index in [0.29, 0.717) is 5.69 Å². The molecule has 6 nitrogen and oxygen atoms in total. The fourth-order valence-corrected chi connectivity index (χ4v) is 3.01. The van der Waals surface area contributed by atoms with E-state index in [1.165, 1.54) is 17.1 Å². The number of rotatable bonds is 4. The summed E-state index contributed by atoms with van der Waals surface area (Å²) in [5, 5.41) is 3.85. The number of aryl methyl sites for hydroxylation is 1. The van der Waals surface area contributed by atoms with Gasteiger partial charge in [0.15, 0.2) is 0 Å². The maximum absolute atomic E-state index is 12.1. The Bertz CT molecular complexity index is 679. The fourth-order valence-electron chi connectivity index (χ4n) is 1.81. The number of hydrogen-bond acceptors (Lipinski definition) is 4. The first-order chi connectivity index (χ1) is 8.90. The highest BCUT2D eigenvalue weighted by Gasteiger charge is 2.20. The van der Waals surface area contributed by atoms with Crippen molar-refractivity contribution in [3.05, 3.63) is 42.2 Å². The lowest BCUT2D eigenvalue weighted by molar-refractivity contribution is 0.567. The Morgan fingerprint density at radius 2 is 2.05 bits per heavy atom. The summed E-state index contributed by atoms with van der Waals surface area (Å²) in [4.78, 5) is 0.136. The molecule has 1 aromatic heterocycles. The van der Waals surface area contributed by atoms with Crippen molar-refractivity contribution in [3.63, 3.8) is 0 Å². The number of nitrogens with zero attached hydrogens (tertiary/aromatic N) is 2. The number of nitrogens with one attached hydrogen (secondary N) is 1. The minimum atomic E-state index is -3.59. The molecule has 0 aliphatic rings. The largest absolute Gasteiger partial charge is 0.398 e. The average Bonchev–Trinajstić information content (AvgIpc) is 2.76. The summed E-state index contributed by atoms with van der Waals surface area (Å²) in [7, 11) is -1.93. The van der Waals surface area contributed by atoms with Gasteiger partial charge in [-0.2, -0.15) is 5.10 Å². The second-order valence-electron chi connectivity index (χ2n) is 4.32. The van der Waals surface area contributed by atoms with E-state index in [1.807, 2.05) is 6.07 Å². The first-order valence-corrected chi connectivity index (χ1v) is 7.24. The van der Waals surface area contributed by atoms with E-state index in [0.717, 1.165) is 5.56 Å². The van der Waals surface area contributed by atoms with Gasteiger partial charge in [-0.3, -0.25) is 4.68 Å². The molecule has 0 fully saturated rings. The maximum Gasteiger partial charge on any atom is 0.244 e. The Morgan fingerprint density at radius 3 is 2.63 bits per heavy atom. The summed E-state index contributed by atoms with van der Waals surface area (Å²) in [5.74, 6) is 0. The van der Waals surface area contributed by atoms with Crippen molar-refractivity contribution < 1.29 is 8.42 Å². The van der Waals surface area contributed by atoms with Crippen molar-refractivity contribution in [2.45, 2.75) is 17.9 Å². The first kappa shape index (κ1) is 13.6.